The van der Waals surface area contributed by atoms with Crippen molar-refractivity contribution in [2.24, 2.45) is 11.8 Å². The number of nitrogens with zero attached hydrogens (tertiary/aromatic N) is 1. The number of benzene rings is 3. The number of rotatable bonds is 6. The average Bonchev–Trinajstić information content (AvgIpc) is 3.30. The summed E-state index contributed by atoms with van der Waals surface area (Å²) in [5.74, 6) is 0.736. The van der Waals surface area contributed by atoms with Gasteiger partial charge < -0.3 is 20.1 Å². The fourth-order valence-electron chi connectivity index (χ4n) is 4.81. The number of carbonyl (C=O) groups excluding carboxylic acids is 2. The molecule has 0 aromatic heterocycles. The molecular formula is C28H25F3N2O4. The van der Waals surface area contributed by atoms with Crippen LogP contribution in [0, 0.1) is 11.8 Å². The first-order valence-electron chi connectivity index (χ1n) is 11.9. The van der Waals surface area contributed by atoms with Crippen LogP contribution in [-0.4, -0.2) is 41.0 Å². The van der Waals surface area contributed by atoms with Crippen LogP contribution < -0.4 is 10.1 Å². The number of carbonyl (C=O) groups is 2. The highest BCUT2D eigenvalue weighted by molar-refractivity contribution is 5.94. The predicted molar refractivity (Wildman–Crippen MR) is 129 cm³/mol. The lowest BCUT2D eigenvalue weighted by atomic mass is 10.0. The molecule has 192 valence electrons. The second-order valence-electron chi connectivity index (χ2n) is 9.53. The first-order chi connectivity index (χ1) is 17.6. The van der Waals surface area contributed by atoms with Crippen LogP contribution in [0.4, 0.5) is 13.2 Å². The summed E-state index contributed by atoms with van der Waals surface area (Å²) < 4.78 is 43.7. The molecule has 1 saturated carbocycles. The molecule has 1 aliphatic heterocycles. The lowest BCUT2D eigenvalue weighted by Gasteiger charge is -2.21. The van der Waals surface area contributed by atoms with Gasteiger partial charge in [0.25, 0.3) is 5.91 Å². The van der Waals surface area contributed by atoms with Crippen LogP contribution in [0.25, 0.3) is 0 Å². The summed E-state index contributed by atoms with van der Waals surface area (Å²) in [4.78, 5) is 27.4. The first-order valence-corrected chi connectivity index (χ1v) is 11.9. The van der Waals surface area contributed by atoms with Crippen molar-refractivity contribution < 1.29 is 32.6 Å². The SMILES string of the molecule is CC(C(=O)NC1[C@H]2CN(C(=O)c3ccc(Oc4ccc(C(F)(F)F)cc4)cc3)C[C@@H]12)c1ccc(O)cc1. The second-order valence-corrected chi connectivity index (χ2v) is 9.53. The van der Waals surface area contributed by atoms with Crippen molar-refractivity contribution >= 4 is 11.8 Å². The molecule has 3 aromatic carbocycles. The fourth-order valence-corrected chi connectivity index (χ4v) is 4.81. The Kier molecular flexibility index (Phi) is 6.31. The number of alkyl halides is 3. The maximum atomic E-state index is 12.9. The van der Waals surface area contributed by atoms with Gasteiger partial charge in [0, 0.05) is 36.5 Å². The third-order valence-corrected chi connectivity index (χ3v) is 7.10. The maximum Gasteiger partial charge on any atom is 0.416 e. The van der Waals surface area contributed by atoms with Gasteiger partial charge >= 0.3 is 6.18 Å². The van der Waals surface area contributed by atoms with Crippen LogP contribution in [0.2, 0.25) is 0 Å². The molecule has 0 spiro atoms. The normalized spacial score (nSPS) is 21.2. The van der Waals surface area contributed by atoms with E-state index in [9.17, 15) is 27.9 Å². The van der Waals surface area contributed by atoms with Crippen molar-refractivity contribution in [3.8, 4) is 17.2 Å². The van der Waals surface area contributed by atoms with Gasteiger partial charge in [0.2, 0.25) is 5.91 Å². The van der Waals surface area contributed by atoms with Gasteiger partial charge in [-0.1, -0.05) is 12.1 Å². The van der Waals surface area contributed by atoms with Gasteiger partial charge in [-0.25, -0.2) is 0 Å². The predicted octanol–water partition coefficient (Wildman–Crippen LogP) is 5.19. The second kappa shape index (κ2) is 9.46. The summed E-state index contributed by atoms with van der Waals surface area (Å²) in [6.45, 7) is 2.94. The number of phenols is 1. The Balaban J connectivity index is 1.12. The molecule has 2 amide bonds. The lowest BCUT2D eigenvalue weighted by molar-refractivity contribution is -0.137. The zero-order chi connectivity index (χ0) is 26.3. The molecule has 0 bridgehead atoms. The van der Waals surface area contributed by atoms with Crippen LogP contribution in [0.3, 0.4) is 0 Å². The van der Waals surface area contributed by atoms with E-state index in [0.717, 1.165) is 17.7 Å². The summed E-state index contributed by atoms with van der Waals surface area (Å²) >= 11 is 0. The minimum Gasteiger partial charge on any atom is -0.508 e. The van der Waals surface area contributed by atoms with Crippen LogP contribution in [0.1, 0.15) is 34.3 Å². The number of fused-ring (bicyclic) bond motifs is 1. The smallest absolute Gasteiger partial charge is 0.416 e. The minimum atomic E-state index is -4.41. The molecule has 4 atom stereocenters. The summed E-state index contributed by atoms with van der Waals surface area (Å²) in [5.41, 5.74) is 0.560. The molecule has 1 saturated heterocycles. The number of piperidine rings is 1. The highest BCUT2D eigenvalue weighted by Crippen LogP contribution is 2.46. The Morgan fingerprint density at radius 2 is 1.46 bits per heavy atom. The standard InChI is InChI=1S/C28H25F3N2O4/c1-16(17-2-8-20(34)9-3-17)26(35)32-25-23-14-33(15-24(23)25)27(36)18-4-10-21(11-5-18)37-22-12-6-19(7-13-22)28(29,30)31/h2-13,16,23-25,34H,14-15H2,1H3,(H,32,35)/t16?,23-,24+,25?. The topological polar surface area (TPSA) is 78.9 Å². The average molecular weight is 511 g/mol. The molecule has 6 nitrogen and oxygen atoms in total. The van der Waals surface area contributed by atoms with Crippen LogP contribution >= 0.6 is 0 Å². The number of nitrogens with one attached hydrogen (secondary N) is 1. The highest BCUT2D eigenvalue weighted by Gasteiger charge is 2.57. The Bertz CT molecular complexity index is 1280. The van der Waals surface area contributed by atoms with E-state index in [2.05, 4.69) is 5.32 Å². The van der Waals surface area contributed by atoms with E-state index in [1.165, 1.54) is 12.1 Å². The van der Waals surface area contributed by atoms with Crippen LogP contribution in [-0.2, 0) is 11.0 Å². The number of aromatic hydroxyl groups is 1. The third kappa shape index (κ3) is 5.26. The number of likely N-dealkylation sites (tertiary alicyclic amines) is 1. The maximum absolute atomic E-state index is 12.9. The number of ether oxygens (including phenoxy) is 1. The Hall–Kier alpha value is -4.01. The number of phenolic OH excluding ortho intramolecular Hbond substituents is 1. The molecule has 9 heteroatoms. The van der Waals surface area contributed by atoms with Gasteiger partial charge in [-0.05, 0) is 73.2 Å². The Morgan fingerprint density at radius 3 is 2.00 bits per heavy atom. The summed E-state index contributed by atoms with van der Waals surface area (Å²) in [6, 6.07) is 17.5. The van der Waals surface area contributed by atoms with Crippen molar-refractivity contribution in [3.63, 3.8) is 0 Å². The molecule has 5 rings (SSSR count). The lowest BCUT2D eigenvalue weighted by Crippen LogP contribution is -2.38. The molecule has 3 aromatic rings. The fraction of sp³-hybridized carbons (Fsp3) is 0.286. The molecule has 2 fully saturated rings. The quantitative estimate of drug-likeness (QED) is 0.478. The van der Waals surface area contributed by atoms with Gasteiger partial charge in [0.05, 0.1) is 11.5 Å². The summed E-state index contributed by atoms with van der Waals surface area (Å²) in [6.07, 6.45) is -4.41. The monoisotopic (exact) mass is 510 g/mol. The highest BCUT2D eigenvalue weighted by atomic mass is 19.4. The number of hydrogen-bond donors (Lipinski definition) is 2. The van der Waals surface area contributed by atoms with E-state index < -0.39 is 11.7 Å². The molecule has 0 radical (unpaired) electrons. The van der Waals surface area contributed by atoms with E-state index in [1.807, 2.05) is 6.92 Å². The van der Waals surface area contributed by atoms with Crippen molar-refractivity contribution in [1.29, 1.82) is 0 Å². The Morgan fingerprint density at radius 1 is 0.919 bits per heavy atom. The number of halogens is 3. The molecular weight excluding hydrogens is 485 g/mol. The molecule has 1 heterocycles. The van der Waals surface area contributed by atoms with Gasteiger partial charge in [-0.3, -0.25) is 9.59 Å². The number of hydrogen-bond acceptors (Lipinski definition) is 4. The largest absolute Gasteiger partial charge is 0.508 e. The van der Waals surface area contributed by atoms with E-state index >= 15 is 0 Å². The van der Waals surface area contributed by atoms with Gasteiger partial charge in [0.1, 0.15) is 17.2 Å². The van der Waals surface area contributed by atoms with E-state index in [4.69, 9.17) is 4.74 Å². The molecule has 2 unspecified atom stereocenters. The van der Waals surface area contributed by atoms with E-state index in [0.29, 0.717) is 24.4 Å². The molecule has 37 heavy (non-hydrogen) atoms. The summed E-state index contributed by atoms with van der Waals surface area (Å²) in [7, 11) is 0. The van der Waals surface area contributed by atoms with Crippen molar-refractivity contribution in [3.05, 3.63) is 89.5 Å². The van der Waals surface area contributed by atoms with Crippen molar-refractivity contribution in [2.45, 2.75) is 25.1 Å². The van der Waals surface area contributed by atoms with Gasteiger partial charge in [-0.15, -0.1) is 0 Å². The van der Waals surface area contributed by atoms with Crippen LogP contribution in [0.5, 0.6) is 17.2 Å². The van der Waals surface area contributed by atoms with Gasteiger partial charge in [0.15, 0.2) is 0 Å². The Labute approximate surface area is 211 Å². The zero-order valence-corrected chi connectivity index (χ0v) is 19.9. The van der Waals surface area contributed by atoms with Crippen molar-refractivity contribution in [2.75, 3.05) is 13.1 Å². The van der Waals surface area contributed by atoms with Crippen molar-refractivity contribution in [1.82, 2.24) is 10.2 Å². The zero-order valence-electron chi connectivity index (χ0n) is 19.9. The van der Waals surface area contributed by atoms with E-state index in [1.54, 1.807) is 53.4 Å². The minimum absolute atomic E-state index is 0.0515. The molecule has 1 aliphatic carbocycles. The van der Waals surface area contributed by atoms with Crippen LogP contribution in [0.15, 0.2) is 72.8 Å². The first kappa shape index (κ1) is 24.7. The number of amides is 2. The summed E-state index contributed by atoms with van der Waals surface area (Å²) in [5, 5.41) is 12.5. The third-order valence-electron chi connectivity index (χ3n) is 7.10. The molecule has 2 aliphatic rings. The van der Waals surface area contributed by atoms with E-state index in [-0.39, 0.29) is 47.1 Å². The molecule has 2 N–H and O–H groups in total. The van der Waals surface area contributed by atoms with Gasteiger partial charge in [-0.2, -0.15) is 13.2 Å².